The van der Waals surface area contributed by atoms with Gasteiger partial charge in [-0.2, -0.15) is 0 Å². The van der Waals surface area contributed by atoms with Crippen LogP contribution in [0, 0.1) is 0 Å². The van der Waals surface area contributed by atoms with Crippen molar-refractivity contribution in [1.82, 2.24) is 4.57 Å². The molecule has 1 aliphatic rings. The number of rotatable bonds is 7. The lowest BCUT2D eigenvalue weighted by Gasteiger charge is -2.28. The maximum Gasteiger partial charge on any atom is 0.0626 e. The second-order valence-electron chi connectivity index (χ2n) is 14.5. The zero-order valence-corrected chi connectivity index (χ0v) is 30.7. The highest BCUT2D eigenvalue weighted by Gasteiger charge is 2.29. The van der Waals surface area contributed by atoms with Gasteiger partial charge >= 0.3 is 0 Å². The Bertz CT molecular complexity index is 2950. The maximum atomic E-state index is 2.48. The number of nitrogens with zero attached hydrogens (tertiary/aromatic N) is 2. The van der Waals surface area contributed by atoms with E-state index in [-0.39, 0.29) is 0 Å². The van der Waals surface area contributed by atoms with Crippen LogP contribution in [0.25, 0.3) is 83.1 Å². The molecular weight excluding hydrogens is 677 g/mol. The summed E-state index contributed by atoms with van der Waals surface area (Å²) in [6.07, 6.45) is 0. The summed E-state index contributed by atoms with van der Waals surface area (Å²) in [6, 6.07) is 79.2. The van der Waals surface area contributed by atoms with Crippen LogP contribution in [-0.4, -0.2) is 4.57 Å². The lowest BCUT2D eigenvalue weighted by molar-refractivity contribution is 1.14. The Labute approximate surface area is 326 Å². The van der Waals surface area contributed by atoms with Crippen molar-refractivity contribution in [1.29, 1.82) is 0 Å². The molecule has 10 aromatic rings. The van der Waals surface area contributed by atoms with E-state index >= 15 is 0 Å². The fourth-order valence-electron chi connectivity index (χ4n) is 8.78. The van der Waals surface area contributed by atoms with E-state index in [0.717, 1.165) is 28.3 Å². The van der Waals surface area contributed by atoms with Gasteiger partial charge in [0.15, 0.2) is 0 Å². The summed E-state index contributed by atoms with van der Waals surface area (Å²) >= 11 is 0. The molecule has 0 radical (unpaired) electrons. The van der Waals surface area contributed by atoms with Crippen LogP contribution in [0.5, 0.6) is 0 Å². The summed E-state index contributed by atoms with van der Waals surface area (Å²) in [5.41, 5.74) is 18.0. The van der Waals surface area contributed by atoms with Crippen LogP contribution in [0.2, 0.25) is 0 Å². The molecule has 1 aromatic heterocycles. The molecule has 0 fully saturated rings. The largest absolute Gasteiger partial charge is 0.310 e. The SMILES string of the molecule is c1ccc(-c2ccc(N(c3ccc(-c4ccccc4)cc3)c3ccccc3-c3ccc4c5c(n(-c6ccccc6)c4c3)-c3cccc4cccc-5c34)cc2)cc1. The zero-order valence-electron chi connectivity index (χ0n) is 30.7. The zero-order chi connectivity index (χ0) is 37.0. The van der Waals surface area contributed by atoms with Crippen LogP contribution in [0.4, 0.5) is 17.1 Å². The predicted molar refractivity (Wildman–Crippen MR) is 236 cm³/mol. The first-order chi connectivity index (χ1) is 27.8. The van der Waals surface area contributed by atoms with Crippen LogP contribution in [-0.2, 0) is 0 Å². The fraction of sp³-hybridized carbons (Fsp3) is 0. The third-order valence-electron chi connectivity index (χ3n) is 11.3. The molecule has 0 atom stereocenters. The molecular formula is C54H36N2. The van der Waals surface area contributed by atoms with Crippen LogP contribution >= 0.6 is 0 Å². The molecule has 2 heteroatoms. The van der Waals surface area contributed by atoms with E-state index in [1.807, 2.05) is 0 Å². The van der Waals surface area contributed by atoms with Gasteiger partial charge in [0.25, 0.3) is 0 Å². The highest BCUT2D eigenvalue weighted by molar-refractivity contribution is 6.22. The summed E-state index contributed by atoms with van der Waals surface area (Å²) in [7, 11) is 0. The third kappa shape index (κ3) is 5.19. The number of hydrogen-bond donors (Lipinski definition) is 0. The second-order valence-corrected chi connectivity index (χ2v) is 14.5. The van der Waals surface area contributed by atoms with E-state index in [4.69, 9.17) is 0 Å². The summed E-state index contributed by atoms with van der Waals surface area (Å²) < 4.78 is 2.48. The molecule has 0 saturated carbocycles. The number of hydrogen-bond acceptors (Lipinski definition) is 1. The van der Waals surface area contributed by atoms with E-state index in [1.165, 1.54) is 71.9 Å². The molecule has 0 bridgehead atoms. The first-order valence-corrected chi connectivity index (χ1v) is 19.3. The van der Waals surface area contributed by atoms with Crippen LogP contribution in [0.15, 0.2) is 218 Å². The van der Waals surface area contributed by atoms with Gasteiger partial charge in [-0.05, 0) is 92.7 Å². The van der Waals surface area contributed by atoms with Gasteiger partial charge in [-0.1, -0.05) is 170 Å². The van der Waals surface area contributed by atoms with Crippen molar-refractivity contribution < 1.29 is 0 Å². The van der Waals surface area contributed by atoms with Crippen molar-refractivity contribution in [2.24, 2.45) is 0 Å². The van der Waals surface area contributed by atoms with Crippen molar-refractivity contribution in [3.63, 3.8) is 0 Å². The highest BCUT2D eigenvalue weighted by Crippen LogP contribution is 2.53. The predicted octanol–water partition coefficient (Wildman–Crippen LogP) is 14.9. The molecule has 11 rings (SSSR count). The smallest absolute Gasteiger partial charge is 0.0626 e. The van der Waals surface area contributed by atoms with Crippen molar-refractivity contribution in [2.75, 3.05) is 4.90 Å². The Hall–Kier alpha value is -7.42. The molecule has 0 unspecified atom stereocenters. The van der Waals surface area contributed by atoms with Gasteiger partial charge in [-0.3, -0.25) is 0 Å². The first-order valence-electron chi connectivity index (χ1n) is 19.3. The van der Waals surface area contributed by atoms with E-state index in [1.54, 1.807) is 0 Å². The quantitative estimate of drug-likeness (QED) is 0.160. The molecule has 262 valence electrons. The molecule has 0 spiro atoms. The van der Waals surface area contributed by atoms with E-state index in [2.05, 4.69) is 228 Å². The summed E-state index contributed by atoms with van der Waals surface area (Å²) in [4.78, 5) is 2.40. The third-order valence-corrected chi connectivity index (χ3v) is 11.3. The molecule has 1 aliphatic carbocycles. The second kappa shape index (κ2) is 13.2. The van der Waals surface area contributed by atoms with Gasteiger partial charge < -0.3 is 9.47 Å². The van der Waals surface area contributed by atoms with Gasteiger partial charge in [0.1, 0.15) is 0 Å². The number of benzene rings is 9. The van der Waals surface area contributed by atoms with Crippen molar-refractivity contribution in [3.05, 3.63) is 218 Å². The molecule has 0 N–H and O–H groups in total. The van der Waals surface area contributed by atoms with E-state index < -0.39 is 0 Å². The minimum absolute atomic E-state index is 1.10. The van der Waals surface area contributed by atoms with Crippen LogP contribution in [0.1, 0.15) is 0 Å². The van der Waals surface area contributed by atoms with Gasteiger partial charge in [-0.25, -0.2) is 0 Å². The highest BCUT2D eigenvalue weighted by atomic mass is 15.1. The lowest BCUT2D eigenvalue weighted by Crippen LogP contribution is -2.11. The summed E-state index contributed by atoms with van der Waals surface area (Å²) in [6.45, 7) is 0. The Kier molecular flexibility index (Phi) is 7.53. The average Bonchev–Trinajstić information content (AvgIpc) is 3.79. The Morgan fingerprint density at radius 3 is 1.48 bits per heavy atom. The van der Waals surface area contributed by atoms with E-state index in [0.29, 0.717) is 0 Å². The van der Waals surface area contributed by atoms with Gasteiger partial charge in [0.2, 0.25) is 0 Å². The van der Waals surface area contributed by atoms with Crippen molar-refractivity contribution in [3.8, 4) is 61.5 Å². The maximum absolute atomic E-state index is 2.48. The van der Waals surface area contributed by atoms with Crippen LogP contribution < -0.4 is 4.90 Å². The summed E-state index contributed by atoms with van der Waals surface area (Å²) in [5.74, 6) is 0. The minimum Gasteiger partial charge on any atom is -0.310 e. The molecule has 56 heavy (non-hydrogen) atoms. The summed E-state index contributed by atoms with van der Waals surface area (Å²) in [5, 5.41) is 3.88. The lowest BCUT2D eigenvalue weighted by atomic mass is 9.97. The topological polar surface area (TPSA) is 8.17 Å². The fourth-order valence-corrected chi connectivity index (χ4v) is 8.78. The Morgan fingerprint density at radius 1 is 0.357 bits per heavy atom. The Morgan fingerprint density at radius 2 is 0.857 bits per heavy atom. The van der Waals surface area contributed by atoms with Crippen molar-refractivity contribution in [2.45, 2.75) is 0 Å². The normalized spacial score (nSPS) is 11.6. The standard InChI is InChI=1S/C54H36N2/c1-4-14-37(15-5-1)39-26-31-44(32-27-39)55(45-33-28-40(29-34-45)38-16-6-2-7-17-38)50-25-11-10-22-46(50)42-30-35-47-51(36-42)56(43-20-8-3-9-21-43)54-49-24-13-19-41-18-12-23-48(52(41)49)53(47)54/h1-36H. The minimum atomic E-state index is 1.10. The molecule has 1 heterocycles. The monoisotopic (exact) mass is 712 g/mol. The average molecular weight is 713 g/mol. The van der Waals surface area contributed by atoms with Gasteiger partial charge in [-0.15, -0.1) is 0 Å². The number of fused-ring (bicyclic) bond motifs is 5. The van der Waals surface area contributed by atoms with E-state index in [9.17, 15) is 0 Å². The number of anilines is 3. The molecule has 0 amide bonds. The Balaban J connectivity index is 1.10. The molecule has 2 nitrogen and oxygen atoms in total. The number of para-hydroxylation sites is 2. The molecule has 0 aliphatic heterocycles. The van der Waals surface area contributed by atoms with Crippen LogP contribution in [0.3, 0.4) is 0 Å². The van der Waals surface area contributed by atoms with Crippen molar-refractivity contribution >= 4 is 38.7 Å². The molecule has 0 saturated heterocycles. The number of aromatic nitrogens is 1. The van der Waals surface area contributed by atoms with Gasteiger partial charge in [0.05, 0.1) is 16.9 Å². The molecule has 9 aromatic carbocycles. The van der Waals surface area contributed by atoms with Gasteiger partial charge in [0, 0.05) is 39.1 Å². The first kappa shape index (κ1) is 32.0.